The third-order valence-corrected chi connectivity index (χ3v) is 3.39. The van der Waals surface area contributed by atoms with E-state index in [2.05, 4.69) is 5.32 Å². The lowest BCUT2D eigenvalue weighted by molar-refractivity contribution is -0.136. The average molecular weight is 251 g/mol. The molecular formula is C14H18FNO2. The van der Waals surface area contributed by atoms with Gasteiger partial charge in [-0.15, -0.1) is 0 Å². The summed E-state index contributed by atoms with van der Waals surface area (Å²) in [6.07, 6.45) is 5.11. The Balaban J connectivity index is 2.08. The van der Waals surface area contributed by atoms with E-state index in [0.29, 0.717) is 12.5 Å². The van der Waals surface area contributed by atoms with Gasteiger partial charge in [-0.2, -0.15) is 0 Å². The number of hydrogen-bond acceptors (Lipinski definition) is 2. The maximum Gasteiger partial charge on any atom is 0.303 e. The van der Waals surface area contributed by atoms with Crippen molar-refractivity contribution in [2.75, 3.05) is 5.32 Å². The molecule has 1 aliphatic carbocycles. The average Bonchev–Trinajstić information content (AvgIpc) is 2.82. The fraction of sp³-hybridized carbons (Fsp3) is 0.500. The number of anilines is 1. The topological polar surface area (TPSA) is 49.3 Å². The molecule has 18 heavy (non-hydrogen) atoms. The lowest BCUT2D eigenvalue weighted by Crippen LogP contribution is -2.16. The van der Waals surface area contributed by atoms with Crippen molar-refractivity contribution in [3.8, 4) is 0 Å². The van der Waals surface area contributed by atoms with Gasteiger partial charge in [0.2, 0.25) is 0 Å². The SMILES string of the molecule is O=C(O)CCc1cc(F)ccc1NC1CCCC1. The van der Waals surface area contributed by atoms with Crippen LogP contribution in [0.4, 0.5) is 10.1 Å². The summed E-state index contributed by atoms with van der Waals surface area (Å²) in [6, 6.07) is 5.01. The Labute approximate surface area is 106 Å². The summed E-state index contributed by atoms with van der Waals surface area (Å²) in [5, 5.41) is 12.1. The maximum atomic E-state index is 13.2. The molecule has 1 aliphatic rings. The van der Waals surface area contributed by atoms with Crippen molar-refractivity contribution >= 4 is 11.7 Å². The van der Waals surface area contributed by atoms with Crippen LogP contribution in [0.2, 0.25) is 0 Å². The molecule has 1 aromatic rings. The standard InChI is InChI=1S/C14H18FNO2/c15-11-6-7-13(16-12-3-1-2-4-12)10(9-11)5-8-14(17)18/h6-7,9,12,16H,1-5,8H2,(H,17,18). The molecule has 0 amide bonds. The lowest BCUT2D eigenvalue weighted by atomic mass is 10.1. The van der Waals surface area contributed by atoms with Gasteiger partial charge in [0.25, 0.3) is 0 Å². The van der Waals surface area contributed by atoms with Crippen LogP contribution in [-0.4, -0.2) is 17.1 Å². The second-order valence-corrected chi connectivity index (χ2v) is 4.82. The first-order valence-corrected chi connectivity index (χ1v) is 6.42. The van der Waals surface area contributed by atoms with Gasteiger partial charge >= 0.3 is 5.97 Å². The summed E-state index contributed by atoms with van der Waals surface area (Å²) in [5.74, 6) is -1.17. The van der Waals surface area contributed by atoms with Crippen LogP contribution >= 0.6 is 0 Å². The van der Waals surface area contributed by atoms with Crippen molar-refractivity contribution in [2.24, 2.45) is 0 Å². The number of carboxylic acid groups (broad SMARTS) is 1. The van der Waals surface area contributed by atoms with Gasteiger partial charge in [-0.3, -0.25) is 4.79 Å². The molecule has 2 N–H and O–H groups in total. The van der Waals surface area contributed by atoms with Gasteiger partial charge < -0.3 is 10.4 Å². The van der Waals surface area contributed by atoms with Crippen molar-refractivity contribution in [2.45, 2.75) is 44.6 Å². The summed E-state index contributed by atoms with van der Waals surface area (Å²) in [6.45, 7) is 0. The highest BCUT2D eigenvalue weighted by atomic mass is 19.1. The molecular weight excluding hydrogens is 233 g/mol. The van der Waals surface area contributed by atoms with E-state index in [4.69, 9.17) is 5.11 Å². The Bertz CT molecular complexity index is 428. The zero-order valence-electron chi connectivity index (χ0n) is 10.3. The highest BCUT2D eigenvalue weighted by molar-refractivity contribution is 5.67. The van der Waals surface area contributed by atoms with Gasteiger partial charge in [0.05, 0.1) is 0 Å². The minimum atomic E-state index is -0.855. The number of halogens is 1. The lowest BCUT2D eigenvalue weighted by Gasteiger charge is -2.17. The van der Waals surface area contributed by atoms with E-state index in [-0.39, 0.29) is 12.2 Å². The number of benzene rings is 1. The number of rotatable bonds is 5. The van der Waals surface area contributed by atoms with Gasteiger partial charge in [-0.25, -0.2) is 4.39 Å². The van der Waals surface area contributed by atoms with Crippen molar-refractivity contribution < 1.29 is 14.3 Å². The number of carbonyl (C=O) groups is 1. The molecule has 1 aromatic carbocycles. The van der Waals surface area contributed by atoms with Crippen LogP contribution in [0.5, 0.6) is 0 Å². The molecule has 98 valence electrons. The molecule has 2 rings (SSSR count). The van der Waals surface area contributed by atoms with Gasteiger partial charge in [0, 0.05) is 18.2 Å². The van der Waals surface area contributed by atoms with Crippen molar-refractivity contribution in [1.82, 2.24) is 0 Å². The molecule has 0 heterocycles. The Hall–Kier alpha value is -1.58. The number of hydrogen-bond donors (Lipinski definition) is 2. The van der Waals surface area contributed by atoms with Crippen molar-refractivity contribution in [1.29, 1.82) is 0 Å². The van der Waals surface area contributed by atoms with Crippen LogP contribution in [0.15, 0.2) is 18.2 Å². The Kier molecular flexibility index (Phi) is 4.18. The first-order chi connectivity index (χ1) is 8.65. The molecule has 0 unspecified atom stereocenters. The summed E-state index contributed by atoms with van der Waals surface area (Å²) in [4.78, 5) is 10.6. The fourth-order valence-corrected chi connectivity index (χ4v) is 2.44. The van der Waals surface area contributed by atoms with Crippen LogP contribution in [0, 0.1) is 5.82 Å². The number of carboxylic acids is 1. The van der Waals surface area contributed by atoms with E-state index in [1.54, 1.807) is 6.07 Å². The smallest absolute Gasteiger partial charge is 0.303 e. The second-order valence-electron chi connectivity index (χ2n) is 4.82. The van der Waals surface area contributed by atoms with Crippen LogP contribution in [0.25, 0.3) is 0 Å². The van der Waals surface area contributed by atoms with Gasteiger partial charge in [-0.05, 0) is 43.0 Å². The Morgan fingerprint density at radius 2 is 2.11 bits per heavy atom. The van der Waals surface area contributed by atoms with Crippen LogP contribution in [-0.2, 0) is 11.2 Å². The van der Waals surface area contributed by atoms with E-state index in [0.717, 1.165) is 24.1 Å². The summed E-state index contributed by atoms with van der Waals surface area (Å²) < 4.78 is 13.2. The second kappa shape index (κ2) is 5.85. The van der Waals surface area contributed by atoms with Gasteiger partial charge in [-0.1, -0.05) is 12.8 Å². The summed E-state index contributed by atoms with van der Waals surface area (Å²) in [7, 11) is 0. The molecule has 4 heteroatoms. The number of aliphatic carboxylic acids is 1. The number of aryl methyl sites for hydroxylation is 1. The molecule has 0 aromatic heterocycles. The maximum absolute atomic E-state index is 13.2. The van der Waals surface area contributed by atoms with Crippen LogP contribution in [0.1, 0.15) is 37.7 Å². The number of nitrogens with one attached hydrogen (secondary N) is 1. The monoisotopic (exact) mass is 251 g/mol. The first-order valence-electron chi connectivity index (χ1n) is 6.42. The van der Waals surface area contributed by atoms with Crippen molar-refractivity contribution in [3.05, 3.63) is 29.6 Å². The van der Waals surface area contributed by atoms with E-state index in [1.807, 2.05) is 0 Å². The minimum Gasteiger partial charge on any atom is -0.481 e. The normalized spacial score (nSPS) is 15.8. The van der Waals surface area contributed by atoms with Crippen LogP contribution in [0.3, 0.4) is 0 Å². The molecule has 1 saturated carbocycles. The fourth-order valence-electron chi connectivity index (χ4n) is 2.44. The van der Waals surface area contributed by atoms with Crippen LogP contribution < -0.4 is 5.32 Å². The molecule has 0 bridgehead atoms. The first kappa shape index (κ1) is 12.9. The third-order valence-electron chi connectivity index (χ3n) is 3.39. The van der Waals surface area contributed by atoms with Crippen molar-refractivity contribution in [3.63, 3.8) is 0 Å². The third kappa shape index (κ3) is 3.45. The summed E-state index contributed by atoms with van der Waals surface area (Å²) >= 11 is 0. The quantitative estimate of drug-likeness (QED) is 0.845. The molecule has 0 radical (unpaired) electrons. The molecule has 0 atom stereocenters. The summed E-state index contributed by atoms with van der Waals surface area (Å²) in [5.41, 5.74) is 1.63. The van der Waals surface area contributed by atoms with E-state index >= 15 is 0 Å². The minimum absolute atomic E-state index is 0.0306. The Morgan fingerprint density at radius 1 is 1.39 bits per heavy atom. The molecule has 0 aliphatic heterocycles. The molecule has 3 nitrogen and oxygen atoms in total. The Morgan fingerprint density at radius 3 is 2.78 bits per heavy atom. The van der Waals surface area contributed by atoms with E-state index < -0.39 is 5.97 Å². The van der Waals surface area contributed by atoms with Gasteiger partial charge in [0.1, 0.15) is 5.82 Å². The molecule has 1 fully saturated rings. The predicted octanol–water partition coefficient (Wildman–Crippen LogP) is 3.20. The largest absolute Gasteiger partial charge is 0.481 e. The molecule has 0 spiro atoms. The van der Waals surface area contributed by atoms with E-state index in [1.165, 1.54) is 25.0 Å². The zero-order valence-corrected chi connectivity index (χ0v) is 10.3. The predicted molar refractivity (Wildman–Crippen MR) is 68.2 cm³/mol. The highest BCUT2D eigenvalue weighted by Gasteiger charge is 2.16. The van der Waals surface area contributed by atoms with Gasteiger partial charge in [0.15, 0.2) is 0 Å². The highest BCUT2D eigenvalue weighted by Crippen LogP contribution is 2.25. The molecule has 0 saturated heterocycles. The zero-order chi connectivity index (χ0) is 13.0. The van der Waals surface area contributed by atoms with E-state index in [9.17, 15) is 9.18 Å².